The van der Waals surface area contributed by atoms with Crippen molar-refractivity contribution in [2.24, 2.45) is 0 Å². The number of hydrogen-bond donors (Lipinski definition) is 1. The van der Waals surface area contributed by atoms with E-state index in [0.717, 1.165) is 22.5 Å². The van der Waals surface area contributed by atoms with Gasteiger partial charge in [-0.3, -0.25) is 4.98 Å². The van der Waals surface area contributed by atoms with E-state index >= 15 is 0 Å². The van der Waals surface area contributed by atoms with Gasteiger partial charge in [-0.25, -0.2) is 0 Å². The first-order valence-electron chi connectivity index (χ1n) is 6.96. The molecule has 4 nitrogen and oxygen atoms in total. The van der Waals surface area contributed by atoms with Crippen LogP contribution >= 0.6 is 0 Å². The standard InChI is InChI=1S/C17H18N2O2/c1-12(13-6-8-18-9-7-13)19-11-15-10-14-4-3-5-16(20-2)17(14)21-15/h3-10,12,19H,11H2,1-2H3/t12-/m1/s1. The van der Waals surface area contributed by atoms with Gasteiger partial charge in [0.15, 0.2) is 11.3 Å². The van der Waals surface area contributed by atoms with Crippen LogP contribution in [0.4, 0.5) is 0 Å². The molecule has 0 aliphatic carbocycles. The molecule has 21 heavy (non-hydrogen) atoms. The molecule has 0 aliphatic rings. The molecule has 0 fully saturated rings. The molecule has 1 atom stereocenters. The Morgan fingerprint density at radius 1 is 1.24 bits per heavy atom. The number of para-hydroxylation sites is 1. The Bertz CT molecular complexity index is 722. The predicted molar refractivity (Wildman–Crippen MR) is 82.3 cm³/mol. The molecule has 0 bridgehead atoms. The van der Waals surface area contributed by atoms with Crippen molar-refractivity contribution in [2.75, 3.05) is 7.11 Å². The molecule has 108 valence electrons. The fourth-order valence-electron chi connectivity index (χ4n) is 2.36. The first-order valence-corrected chi connectivity index (χ1v) is 6.96. The summed E-state index contributed by atoms with van der Waals surface area (Å²) < 4.78 is 11.2. The number of pyridine rings is 1. The monoisotopic (exact) mass is 282 g/mol. The van der Waals surface area contributed by atoms with E-state index in [4.69, 9.17) is 9.15 Å². The van der Waals surface area contributed by atoms with Crippen LogP contribution in [-0.2, 0) is 6.54 Å². The molecule has 0 unspecified atom stereocenters. The van der Waals surface area contributed by atoms with Crippen molar-refractivity contribution < 1.29 is 9.15 Å². The molecule has 0 spiro atoms. The lowest BCUT2D eigenvalue weighted by Gasteiger charge is -2.12. The third kappa shape index (κ3) is 2.90. The van der Waals surface area contributed by atoms with E-state index in [1.165, 1.54) is 5.56 Å². The van der Waals surface area contributed by atoms with Gasteiger partial charge in [0.1, 0.15) is 5.76 Å². The first kappa shape index (κ1) is 13.6. The second-order valence-corrected chi connectivity index (χ2v) is 4.97. The summed E-state index contributed by atoms with van der Waals surface area (Å²) in [6.45, 7) is 2.79. The summed E-state index contributed by atoms with van der Waals surface area (Å²) in [6, 6.07) is 12.2. The summed E-state index contributed by atoms with van der Waals surface area (Å²) in [4.78, 5) is 4.03. The molecule has 3 rings (SSSR count). The lowest BCUT2D eigenvalue weighted by molar-refractivity contribution is 0.405. The van der Waals surface area contributed by atoms with Crippen molar-refractivity contribution in [2.45, 2.75) is 19.5 Å². The molecule has 0 amide bonds. The fraction of sp³-hybridized carbons (Fsp3) is 0.235. The molecule has 2 aromatic heterocycles. The van der Waals surface area contributed by atoms with E-state index in [9.17, 15) is 0 Å². The molecule has 2 heterocycles. The van der Waals surface area contributed by atoms with E-state index in [-0.39, 0.29) is 6.04 Å². The minimum atomic E-state index is 0.239. The van der Waals surface area contributed by atoms with Crippen LogP contribution in [0.15, 0.2) is 53.2 Å². The van der Waals surface area contributed by atoms with Crippen molar-refractivity contribution in [1.82, 2.24) is 10.3 Å². The Morgan fingerprint density at radius 2 is 2.05 bits per heavy atom. The van der Waals surface area contributed by atoms with Crippen LogP contribution in [0.3, 0.4) is 0 Å². The Hall–Kier alpha value is -2.33. The van der Waals surface area contributed by atoms with Crippen LogP contribution in [0.1, 0.15) is 24.3 Å². The van der Waals surface area contributed by atoms with Crippen LogP contribution in [0.5, 0.6) is 5.75 Å². The highest BCUT2D eigenvalue weighted by molar-refractivity contribution is 5.83. The SMILES string of the molecule is COc1cccc2cc(CN[C@H](C)c3ccncc3)oc12. The van der Waals surface area contributed by atoms with Gasteiger partial charge in [0.25, 0.3) is 0 Å². The molecule has 3 aromatic rings. The average molecular weight is 282 g/mol. The maximum atomic E-state index is 5.88. The summed E-state index contributed by atoms with van der Waals surface area (Å²) in [5.74, 6) is 1.66. The zero-order valence-electron chi connectivity index (χ0n) is 12.2. The lowest BCUT2D eigenvalue weighted by atomic mass is 10.1. The minimum Gasteiger partial charge on any atom is -0.493 e. The molecule has 1 N–H and O–H groups in total. The molecule has 0 saturated heterocycles. The minimum absolute atomic E-state index is 0.239. The van der Waals surface area contributed by atoms with Crippen LogP contribution in [0.25, 0.3) is 11.0 Å². The fourth-order valence-corrected chi connectivity index (χ4v) is 2.36. The molecule has 0 radical (unpaired) electrons. The molecule has 1 aromatic carbocycles. The average Bonchev–Trinajstić information content (AvgIpc) is 2.96. The van der Waals surface area contributed by atoms with Crippen molar-refractivity contribution in [1.29, 1.82) is 0 Å². The third-order valence-electron chi connectivity index (χ3n) is 3.57. The molecule has 4 heteroatoms. The summed E-state index contributed by atoms with van der Waals surface area (Å²) >= 11 is 0. The topological polar surface area (TPSA) is 47.3 Å². The normalized spacial score (nSPS) is 12.5. The van der Waals surface area contributed by atoms with Gasteiger partial charge < -0.3 is 14.5 Å². The van der Waals surface area contributed by atoms with Crippen molar-refractivity contribution >= 4 is 11.0 Å². The summed E-state index contributed by atoms with van der Waals surface area (Å²) in [5, 5.41) is 4.51. The predicted octanol–water partition coefficient (Wildman–Crippen LogP) is 3.69. The smallest absolute Gasteiger partial charge is 0.176 e. The molecule has 0 saturated carbocycles. The number of rotatable bonds is 5. The lowest BCUT2D eigenvalue weighted by Crippen LogP contribution is -2.17. The van der Waals surface area contributed by atoms with Gasteiger partial charge in [0.05, 0.1) is 13.7 Å². The number of methoxy groups -OCH3 is 1. The molecular formula is C17H18N2O2. The van der Waals surface area contributed by atoms with Crippen molar-refractivity contribution in [3.05, 3.63) is 60.1 Å². The Balaban J connectivity index is 1.74. The Kier molecular flexibility index (Phi) is 3.88. The number of fused-ring (bicyclic) bond motifs is 1. The van der Waals surface area contributed by atoms with Crippen LogP contribution < -0.4 is 10.1 Å². The summed E-state index contributed by atoms with van der Waals surface area (Å²) in [5.41, 5.74) is 2.01. The van der Waals surface area contributed by atoms with Crippen LogP contribution in [-0.4, -0.2) is 12.1 Å². The number of aromatic nitrogens is 1. The quantitative estimate of drug-likeness (QED) is 0.775. The number of nitrogens with one attached hydrogen (secondary N) is 1. The molecule has 0 aliphatic heterocycles. The van der Waals surface area contributed by atoms with E-state index in [0.29, 0.717) is 6.54 Å². The van der Waals surface area contributed by atoms with E-state index in [1.54, 1.807) is 19.5 Å². The number of furan rings is 1. The summed E-state index contributed by atoms with van der Waals surface area (Å²) in [7, 11) is 1.65. The Labute approximate surface area is 123 Å². The van der Waals surface area contributed by atoms with E-state index < -0.39 is 0 Å². The third-order valence-corrected chi connectivity index (χ3v) is 3.57. The van der Waals surface area contributed by atoms with Gasteiger partial charge in [-0.1, -0.05) is 12.1 Å². The van der Waals surface area contributed by atoms with Crippen molar-refractivity contribution in [3.63, 3.8) is 0 Å². The van der Waals surface area contributed by atoms with Gasteiger partial charge in [-0.05, 0) is 36.8 Å². The largest absolute Gasteiger partial charge is 0.493 e. The maximum Gasteiger partial charge on any atom is 0.176 e. The highest BCUT2D eigenvalue weighted by atomic mass is 16.5. The zero-order valence-corrected chi connectivity index (χ0v) is 12.2. The van der Waals surface area contributed by atoms with Crippen LogP contribution in [0, 0.1) is 0 Å². The number of ether oxygens (including phenoxy) is 1. The molecular weight excluding hydrogens is 264 g/mol. The highest BCUT2D eigenvalue weighted by Crippen LogP contribution is 2.28. The number of benzene rings is 1. The first-order chi connectivity index (χ1) is 10.3. The highest BCUT2D eigenvalue weighted by Gasteiger charge is 2.10. The van der Waals surface area contributed by atoms with Gasteiger partial charge in [-0.15, -0.1) is 0 Å². The summed E-state index contributed by atoms with van der Waals surface area (Å²) in [6.07, 6.45) is 3.61. The second kappa shape index (κ2) is 5.97. The van der Waals surface area contributed by atoms with E-state index in [1.807, 2.05) is 36.4 Å². The number of hydrogen-bond acceptors (Lipinski definition) is 4. The van der Waals surface area contributed by atoms with Crippen LogP contribution in [0.2, 0.25) is 0 Å². The van der Waals surface area contributed by atoms with Gasteiger partial charge in [0.2, 0.25) is 0 Å². The zero-order chi connectivity index (χ0) is 14.7. The van der Waals surface area contributed by atoms with Gasteiger partial charge >= 0.3 is 0 Å². The van der Waals surface area contributed by atoms with Gasteiger partial charge in [0, 0.05) is 23.8 Å². The second-order valence-electron chi connectivity index (χ2n) is 4.97. The number of nitrogens with zero attached hydrogens (tertiary/aromatic N) is 1. The maximum absolute atomic E-state index is 5.88. The Morgan fingerprint density at radius 3 is 2.81 bits per heavy atom. The van der Waals surface area contributed by atoms with Crippen molar-refractivity contribution in [3.8, 4) is 5.75 Å². The van der Waals surface area contributed by atoms with E-state index in [2.05, 4.69) is 17.2 Å². The van der Waals surface area contributed by atoms with Gasteiger partial charge in [-0.2, -0.15) is 0 Å².